The lowest BCUT2D eigenvalue weighted by atomic mass is 9.73. The van der Waals surface area contributed by atoms with E-state index in [1.54, 1.807) is 0 Å². The Bertz CT molecular complexity index is 233. The fourth-order valence-corrected chi connectivity index (χ4v) is 2.83. The second kappa shape index (κ2) is 3.67. The van der Waals surface area contributed by atoms with Crippen molar-refractivity contribution in [1.29, 1.82) is 0 Å². The molecule has 0 radical (unpaired) electrons. The van der Waals surface area contributed by atoms with Crippen molar-refractivity contribution in [1.82, 2.24) is 0 Å². The summed E-state index contributed by atoms with van der Waals surface area (Å²) in [5, 5.41) is 0. The highest BCUT2D eigenvalue weighted by atomic mass is 16.1. The van der Waals surface area contributed by atoms with Gasteiger partial charge in [0.15, 0.2) is 0 Å². The molecule has 2 rings (SSSR count). The molecule has 0 bridgehead atoms. The second-order valence-corrected chi connectivity index (χ2v) is 5.69. The highest BCUT2D eigenvalue weighted by molar-refractivity contribution is 5.86. The van der Waals surface area contributed by atoms with Crippen LogP contribution in [0.4, 0.5) is 0 Å². The molecule has 0 spiro atoms. The summed E-state index contributed by atoms with van der Waals surface area (Å²) in [6, 6.07) is 0. The van der Waals surface area contributed by atoms with Gasteiger partial charge in [-0.05, 0) is 43.4 Å². The summed E-state index contributed by atoms with van der Waals surface area (Å²) in [5.74, 6) is 3.73. The van der Waals surface area contributed by atoms with Gasteiger partial charge in [-0.3, -0.25) is 4.79 Å². The first-order valence-electron chi connectivity index (χ1n) is 6.13. The summed E-state index contributed by atoms with van der Waals surface area (Å²) in [5.41, 5.74) is 0. The molecule has 2 fully saturated rings. The molecule has 1 heteroatoms. The average molecular weight is 194 g/mol. The minimum Gasteiger partial charge on any atom is -0.299 e. The van der Waals surface area contributed by atoms with Gasteiger partial charge < -0.3 is 0 Å². The van der Waals surface area contributed by atoms with Gasteiger partial charge in [0.1, 0.15) is 5.78 Å². The van der Waals surface area contributed by atoms with Crippen LogP contribution in [0.2, 0.25) is 0 Å². The lowest BCUT2D eigenvalue weighted by Crippen LogP contribution is -2.27. The predicted octanol–water partition coefficient (Wildman–Crippen LogP) is 3.28. The molecule has 80 valence electrons. The average Bonchev–Trinajstić information content (AvgIpc) is 2.86. The first-order valence-corrected chi connectivity index (χ1v) is 6.13. The lowest BCUT2D eigenvalue weighted by molar-refractivity contribution is -0.126. The first-order chi connectivity index (χ1) is 6.59. The van der Waals surface area contributed by atoms with Crippen molar-refractivity contribution >= 4 is 5.78 Å². The molecule has 2 aliphatic rings. The fourth-order valence-electron chi connectivity index (χ4n) is 2.83. The number of hydrogen-bond acceptors (Lipinski definition) is 1. The van der Waals surface area contributed by atoms with Crippen LogP contribution in [0.1, 0.15) is 46.5 Å². The van der Waals surface area contributed by atoms with Crippen molar-refractivity contribution in [3.63, 3.8) is 0 Å². The van der Waals surface area contributed by atoms with Crippen LogP contribution in [0.25, 0.3) is 0 Å². The maximum Gasteiger partial charge on any atom is 0.139 e. The van der Waals surface area contributed by atoms with Crippen LogP contribution < -0.4 is 0 Å². The SMILES string of the molecule is CC1CCC(C(=O)C2CC2C)CC1C. The number of ketones is 1. The Balaban J connectivity index is 1.90. The summed E-state index contributed by atoms with van der Waals surface area (Å²) in [7, 11) is 0. The Morgan fingerprint density at radius 3 is 2.07 bits per heavy atom. The van der Waals surface area contributed by atoms with E-state index in [1.165, 1.54) is 12.8 Å². The van der Waals surface area contributed by atoms with Crippen molar-refractivity contribution in [3.8, 4) is 0 Å². The number of Topliss-reactive ketones (excluding diaryl/α,β-unsaturated/α-hetero) is 1. The molecule has 0 aromatic rings. The Morgan fingerprint density at radius 1 is 0.929 bits per heavy atom. The predicted molar refractivity (Wildman–Crippen MR) is 57.9 cm³/mol. The summed E-state index contributed by atoms with van der Waals surface area (Å²) < 4.78 is 0. The number of hydrogen-bond donors (Lipinski definition) is 0. The molecule has 0 aromatic heterocycles. The van der Waals surface area contributed by atoms with Gasteiger partial charge in [0, 0.05) is 11.8 Å². The van der Waals surface area contributed by atoms with Gasteiger partial charge in [-0.15, -0.1) is 0 Å². The van der Waals surface area contributed by atoms with Crippen LogP contribution >= 0.6 is 0 Å². The van der Waals surface area contributed by atoms with Crippen LogP contribution in [0.15, 0.2) is 0 Å². The number of carbonyl (C=O) groups excluding carboxylic acids is 1. The zero-order chi connectivity index (χ0) is 10.3. The number of carbonyl (C=O) groups is 1. The standard InChI is InChI=1S/C13H22O/c1-8-4-5-11(6-9(8)2)13(14)12-7-10(12)3/h8-12H,4-7H2,1-3H3. The van der Waals surface area contributed by atoms with Crippen molar-refractivity contribution in [3.05, 3.63) is 0 Å². The van der Waals surface area contributed by atoms with Crippen LogP contribution in [0.3, 0.4) is 0 Å². The van der Waals surface area contributed by atoms with Gasteiger partial charge >= 0.3 is 0 Å². The minimum atomic E-state index is 0.413. The summed E-state index contributed by atoms with van der Waals surface area (Å²) >= 11 is 0. The third-order valence-corrected chi connectivity index (χ3v) is 4.48. The molecule has 5 atom stereocenters. The van der Waals surface area contributed by atoms with Crippen molar-refractivity contribution in [2.24, 2.45) is 29.6 Å². The molecule has 2 aliphatic carbocycles. The zero-order valence-corrected chi connectivity index (χ0v) is 9.62. The monoisotopic (exact) mass is 194 g/mol. The second-order valence-electron chi connectivity index (χ2n) is 5.69. The Kier molecular flexibility index (Phi) is 2.68. The van der Waals surface area contributed by atoms with E-state index < -0.39 is 0 Å². The molecule has 1 nitrogen and oxygen atoms in total. The van der Waals surface area contributed by atoms with Gasteiger partial charge in [-0.25, -0.2) is 0 Å². The van der Waals surface area contributed by atoms with E-state index in [4.69, 9.17) is 0 Å². The van der Waals surface area contributed by atoms with E-state index in [-0.39, 0.29) is 0 Å². The zero-order valence-electron chi connectivity index (χ0n) is 9.62. The number of rotatable bonds is 2. The van der Waals surface area contributed by atoms with Crippen LogP contribution in [-0.2, 0) is 4.79 Å². The Hall–Kier alpha value is -0.330. The summed E-state index contributed by atoms with van der Waals surface area (Å²) in [6.07, 6.45) is 4.74. The molecule has 0 aliphatic heterocycles. The van der Waals surface area contributed by atoms with E-state index in [0.717, 1.165) is 24.7 Å². The van der Waals surface area contributed by atoms with E-state index in [2.05, 4.69) is 20.8 Å². The van der Waals surface area contributed by atoms with E-state index in [9.17, 15) is 4.79 Å². The molecule has 0 heterocycles. The third-order valence-electron chi connectivity index (χ3n) is 4.48. The normalized spacial score (nSPS) is 47.5. The molecule has 0 amide bonds. The maximum atomic E-state index is 12.0. The molecular weight excluding hydrogens is 172 g/mol. The van der Waals surface area contributed by atoms with Crippen molar-refractivity contribution in [2.45, 2.75) is 46.5 Å². The van der Waals surface area contributed by atoms with Crippen molar-refractivity contribution < 1.29 is 4.79 Å². The van der Waals surface area contributed by atoms with Gasteiger partial charge in [-0.2, -0.15) is 0 Å². The largest absolute Gasteiger partial charge is 0.299 e. The summed E-state index contributed by atoms with van der Waals surface area (Å²) in [6.45, 7) is 6.84. The van der Waals surface area contributed by atoms with E-state index >= 15 is 0 Å². The molecule has 0 N–H and O–H groups in total. The lowest BCUT2D eigenvalue weighted by Gasteiger charge is -2.31. The minimum absolute atomic E-state index is 0.413. The van der Waals surface area contributed by atoms with Gasteiger partial charge in [0.25, 0.3) is 0 Å². The van der Waals surface area contributed by atoms with Crippen LogP contribution in [-0.4, -0.2) is 5.78 Å². The molecule has 14 heavy (non-hydrogen) atoms. The molecular formula is C13H22O. The van der Waals surface area contributed by atoms with Crippen LogP contribution in [0, 0.1) is 29.6 Å². The Labute approximate surface area is 87.3 Å². The van der Waals surface area contributed by atoms with E-state index in [0.29, 0.717) is 23.5 Å². The highest BCUT2D eigenvalue weighted by Crippen LogP contribution is 2.44. The smallest absolute Gasteiger partial charge is 0.139 e. The van der Waals surface area contributed by atoms with Gasteiger partial charge in [0.2, 0.25) is 0 Å². The maximum absolute atomic E-state index is 12.0. The van der Waals surface area contributed by atoms with Crippen LogP contribution in [0.5, 0.6) is 0 Å². The molecule has 0 aromatic carbocycles. The third kappa shape index (κ3) is 1.87. The van der Waals surface area contributed by atoms with Gasteiger partial charge in [-0.1, -0.05) is 20.8 Å². The Morgan fingerprint density at radius 2 is 1.57 bits per heavy atom. The first kappa shape index (κ1) is 10.2. The quantitative estimate of drug-likeness (QED) is 0.659. The van der Waals surface area contributed by atoms with Crippen molar-refractivity contribution in [2.75, 3.05) is 0 Å². The van der Waals surface area contributed by atoms with Gasteiger partial charge in [0.05, 0.1) is 0 Å². The molecule has 2 saturated carbocycles. The van der Waals surface area contributed by atoms with E-state index in [1.807, 2.05) is 0 Å². The molecule has 5 unspecified atom stereocenters. The fraction of sp³-hybridized carbons (Fsp3) is 0.923. The molecule has 0 saturated heterocycles. The topological polar surface area (TPSA) is 17.1 Å². The highest BCUT2D eigenvalue weighted by Gasteiger charge is 2.43. The summed E-state index contributed by atoms with van der Waals surface area (Å²) in [4.78, 5) is 12.0.